The highest BCUT2D eigenvalue weighted by Gasteiger charge is 2.10. The van der Waals surface area contributed by atoms with Gasteiger partial charge in [-0.25, -0.2) is 15.0 Å². The Labute approximate surface area is 107 Å². The van der Waals surface area contributed by atoms with Crippen LogP contribution in [0.1, 0.15) is 6.92 Å². The number of aromatic nitrogens is 4. The van der Waals surface area contributed by atoms with Crippen LogP contribution in [0.5, 0.6) is 0 Å². The highest BCUT2D eigenvalue weighted by Crippen LogP contribution is 2.21. The average molecular weight is 267 g/mol. The van der Waals surface area contributed by atoms with Gasteiger partial charge in [0.15, 0.2) is 5.65 Å². The summed E-state index contributed by atoms with van der Waals surface area (Å²) < 4.78 is 0. The van der Waals surface area contributed by atoms with Crippen LogP contribution in [0.2, 0.25) is 0 Å². The van der Waals surface area contributed by atoms with E-state index >= 15 is 0 Å². The molecule has 7 nitrogen and oxygen atoms in total. The molecule has 1 amide bonds. The normalized spacial score (nSPS) is 12.6. The van der Waals surface area contributed by atoms with Crippen molar-refractivity contribution in [2.75, 3.05) is 12.4 Å². The van der Waals surface area contributed by atoms with Gasteiger partial charge in [-0.3, -0.25) is 4.79 Å². The molecule has 0 saturated heterocycles. The number of aliphatic hydroxyl groups is 1. The monoisotopic (exact) mass is 267 g/mol. The maximum Gasteiger partial charge on any atom is 0.230 e. The van der Waals surface area contributed by atoms with E-state index in [4.69, 9.17) is 5.11 Å². The first-order chi connectivity index (χ1) is 8.70. The number of aliphatic hydroxyl groups excluding tert-OH is 1. The molecule has 8 heteroatoms. The van der Waals surface area contributed by atoms with Crippen LogP contribution >= 0.6 is 11.8 Å². The maximum atomic E-state index is 11.5. The van der Waals surface area contributed by atoms with Gasteiger partial charge in [-0.15, -0.1) is 0 Å². The van der Waals surface area contributed by atoms with Crippen LogP contribution in [0.15, 0.2) is 17.7 Å². The van der Waals surface area contributed by atoms with Crippen molar-refractivity contribution in [3.05, 3.63) is 12.7 Å². The summed E-state index contributed by atoms with van der Waals surface area (Å²) in [6.45, 7) is 1.66. The van der Waals surface area contributed by atoms with E-state index in [-0.39, 0.29) is 24.3 Å². The van der Waals surface area contributed by atoms with Crippen molar-refractivity contribution in [3.63, 3.8) is 0 Å². The fourth-order valence-corrected chi connectivity index (χ4v) is 2.12. The number of imidazole rings is 1. The lowest BCUT2D eigenvalue weighted by atomic mass is 10.4. The molecule has 2 aromatic heterocycles. The predicted molar refractivity (Wildman–Crippen MR) is 67.1 cm³/mol. The number of fused-ring (bicyclic) bond motifs is 1. The molecule has 3 N–H and O–H groups in total. The van der Waals surface area contributed by atoms with Crippen LogP contribution in [0, 0.1) is 0 Å². The van der Waals surface area contributed by atoms with E-state index in [2.05, 4.69) is 25.3 Å². The third-order valence-corrected chi connectivity index (χ3v) is 3.20. The zero-order chi connectivity index (χ0) is 13.0. The molecule has 0 aromatic carbocycles. The largest absolute Gasteiger partial charge is 0.394 e. The Balaban J connectivity index is 1.98. The molecule has 0 aliphatic heterocycles. The van der Waals surface area contributed by atoms with Gasteiger partial charge in [-0.05, 0) is 6.92 Å². The Morgan fingerprint density at radius 1 is 1.56 bits per heavy atom. The molecular weight excluding hydrogens is 254 g/mol. The van der Waals surface area contributed by atoms with Crippen molar-refractivity contribution in [1.29, 1.82) is 0 Å². The van der Waals surface area contributed by atoms with E-state index < -0.39 is 0 Å². The van der Waals surface area contributed by atoms with Gasteiger partial charge in [-0.1, -0.05) is 11.8 Å². The second kappa shape index (κ2) is 5.78. The average Bonchev–Trinajstić information content (AvgIpc) is 2.84. The molecule has 0 fully saturated rings. The fourth-order valence-electron chi connectivity index (χ4n) is 1.35. The molecule has 0 aliphatic carbocycles. The van der Waals surface area contributed by atoms with Crippen molar-refractivity contribution in [1.82, 2.24) is 25.3 Å². The summed E-state index contributed by atoms with van der Waals surface area (Å²) in [5.41, 5.74) is 1.31. The summed E-state index contributed by atoms with van der Waals surface area (Å²) in [4.78, 5) is 26.6. The maximum absolute atomic E-state index is 11.5. The summed E-state index contributed by atoms with van der Waals surface area (Å²) in [7, 11) is 0. The van der Waals surface area contributed by atoms with Crippen LogP contribution < -0.4 is 5.32 Å². The SMILES string of the molecule is CC(CO)NC(=O)CSc1ncnc2nc[nH]c12. The van der Waals surface area contributed by atoms with E-state index in [1.54, 1.807) is 6.92 Å². The van der Waals surface area contributed by atoms with Gasteiger partial charge >= 0.3 is 0 Å². The number of hydrogen-bond donors (Lipinski definition) is 3. The second-order valence-corrected chi connectivity index (χ2v) is 4.68. The van der Waals surface area contributed by atoms with Gasteiger partial charge in [0, 0.05) is 6.04 Å². The van der Waals surface area contributed by atoms with Crippen LogP contribution in [-0.4, -0.2) is 49.4 Å². The highest BCUT2D eigenvalue weighted by molar-refractivity contribution is 8.00. The number of aromatic amines is 1. The summed E-state index contributed by atoms with van der Waals surface area (Å²) in [6, 6.07) is -0.240. The van der Waals surface area contributed by atoms with E-state index in [0.717, 1.165) is 5.52 Å². The zero-order valence-electron chi connectivity index (χ0n) is 9.75. The minimum absolute atomic E-state index is 0.0747. The lowest BCUT2D eigenvalue weighted by Crippen LogP contribution is -2.36. The van der Waals surface area contributed by atoms with Gasteiger partial charge in [0.05, 0.1) is 18.7 Å². The molecule has 1 atom stereocenters. The van der Waals surface area contributed by atoms with Crippen molar-refractivity contribution in [2.24, 2.45) is 0 Å². The molecule has 0 radical (unpaired) electrons. The zero-order valence-corrected chi connectivity index (χ0v) is 10.6. The summed E-state index contributed by atoms with van der Waals surface area (Å²) in [5, 5.41) is 12.2. The van der Waals surface area contributed by atoms with E-state index in [1.165, 1.54) is 24.4 Å². The first-order valence-electron chi connectivity index (χ1n) is 5.38. The van der Waals surface area contributed by atoms with Crippen molar-refractivity contribution >= 4 is 28.8 Å². The molecule has 96 valence electrons. The molecular formula is C10H13N5O2S. The second-order valence-electron chi connectivity index (χ2n) is 3.72. The van der Waals surface area contributed by atoms with Crippen LogP contribution in [0.3, 0.4) is 0 Å². The summed E-state index contributed by atoms with van der Waals surface area (Å²) >= 11 is 1.30. The molecule has 1 unspecified atom stereocenters. The minimum atomic E-state index is -0.240. The fraction of sp³-hybridized carbons (Fsp3) is 0.400. The number of carbonyl (C=O) groups is 1. The van der Waals surface area contributed by atoms with Crippen molar-refractivity contribution in [2.45, 2.75) is 18.0 Å². The third kappa shape index (κ3) is 2.96. The molecule has 0 spiro atoms. The first kappa shape index (κ1) is 12.8. The standard InChI is InChI=1S/C10H13N5O2S/c1-6(2-16)15-7(17)3-18-10-8-9(12-4-11-8)13-5-14-10/h4-6,16H,2-3H2,1H3,(H,15,17)(H,11,12,13,14). The summed E-state index contributed by atoms with van der Waals surface area (Å²) in [5.74, 6) is 0.0861. The van der Waals surface area contributed by atoms with Gasteiger partial charge in [0.1, 0.15) is 16.9 Å². The molecule has 18 heavy (non-hydrogen) atoms. The topological polar surface area (TPSA) is 104 Å². The number of hydrogen-bond acceptors (Lipinski definition) is 6. The molecule has 2 heterocycles. The first-order valence-corrected chi connectivity index (χ1v) is 6.36. The van der Waals surface area contributed by atoms with Gasteiger partial charge in [0.25, 0.3) is 0 Å². The van der Waals surface area contributed by atoms with Gasteiger partial charge < -0.3 is 15.4 Å². The number of nitrogens with one attached hydrogen (secondary N) is 2. The third-order valence-electron chi connectivity index (χ3n) is 2.21. The van der Waals surface area contributed by atoms with Crippen LogP contribution in [0.4, 0.5) is 0 Å². The number of carbonyl (C=O) groups excluding carboxylic acids is 1. The Kier molecular flexibility index (Phi) is 4.11. The smallest absolute Gasteiger partial charge is 0.230 e. The van der Waals surface area contributed by atoms with Crippen LogP contribution in [-0.2, 0) is 4.79 Å². The van der Waals surface area contributed by atoms with Crippen molar-refractivity contribution < 1.29 is 9.90 Å². The van der Waals surface area contributed by atoms with E-state index in [9.17, 15) is 4.79 Å². The molecule has 0 saturated carbocycles. The molecule has 2 aromatic rings. The Hall–Kier alpha value is -1.67. The highest BCUT2D eigenvalue weighted by atomic mass is 32.2. The number of thioether (sulfide) groups is 1. The number of rotatable bonds is 5. The van der Waals surface area contributed by atoms with Crippen molar-refractivity contribution in [3.8, 4) is 0 Å². The molecule has 2 rings (SSSR count). The van der Waals surface area contributed by atoms with E-state index in [1.807, 2.05) is 0 Å². The van der Waals surface area contributed by atoms with Gasteiger partial charge in [0.2, 0.25) is 5.91 Å². The summed E-state index contributed by atoms with van der Waals surface area (Å²) in [6.07, 6.45) is 2.96. The molecule has 0 bridgehead atoms. The quantitative estimate of drug-likeness (QED) is 0.518. The predicted octanol–water partition coefficient (Wildman–Crippen LogP) is -0.0580. The minimum Gasteiger partial charge on any atom is -0.394 e. The number of nitrogens with zero attached hydrogens (tertiary/aromatic N) is 3. The Morgan fingerprint density at radius 3 is 3.17 bits per heavy atom. The Bertz CT molecular complexity index is 544. The number of H-pyrrole nitrogens is 1. The lowest BCUT2D eigenvalue weighted by molar-refractivity contribution is -0.119. The van der Waals surface area contributed by atoms with Gasteiger partial charge in [-0.2, -0.15) is 0 Å². The lowest BCUT2D eigenvalue weighted by Gasteiger charge is -2.10. The Morgan fingerprint density at radius 2 is 2.39 bits per heavy atom. The van der Waals surface area contributed by atoms with Crippen LogP contribution in [0.25, 0.3) is 11.2 Å². The van der Waals surface area contributed by atoms with E-state index in [0.29, 0.717) is 10.7 Å². The molecule has 0 aliphatic rings. The number of amides is 1.